The van der Waals surface area contributed by atoms with E-state index in [2.05, 4.69) is 203 Å². The molecule has 0 bridgehead atoms. The van der Waals surface area contributed by atoms with Crippen LogP contribution >= 0.6 is 0 Å². The molecule has 0 unspecified atom stereocenters. The predicted molar refractivity (Wildman–Crippen MR) is 238 cm³/mol. The average molecular weight is 729 g/mol. The monoisotopic (exact) mass is 728 g/mol. The summed E-state index contributed by atoms with van der Waals surface area (Å²) < 4.78 is 4.71. The van der Waals surface area contributed by atoms with Crippen LogP contribution in [0.25, 0.3) is 77.5 Å². The Morgan fingerprint density at radius 2 is 1.07 bits per heavy atom. The van der Waals surface area contributed by atoms with Gasteiger partial charge in [0.15, 0.2) is 0 Å². The smallest absolute Gasteiger partial charge is 0.0963 e. The maximum atomic E-state index is 5.28. The minimum atomic E-state index is 0.807. The Morgan fingerprint density at radius 3 is 1.88 bits per heavy atom. The van der Waals surface area contributed by atoms with Crippen LogP contribution in [0.1, 0.15) is 23.1 Å². The van der Waals surface area contributed by atoms with Crippen molar-refractivity contribution in [2.75, 3.05) is 0 Å². The predicted octanol–water partition coefficient (Wildman–Crippen LogP) is 13.3. The van der Waals surface area contributed by atoms with Gasteiger partial charge in [-0.15, -0.1) is 0 Å². The van der Waals surface area contributed by atoms with Crippen molar-refractivity contribution < 1.29 is 0 Å². The molecule has 7 aromatic carbocycles. The van der Waals surface area contributed by atoms with Crippen molar-refractivity contribution in [3.05, 3.63) is 223 Å². The summed E-state index contributed by atoms with van der Waals surface area (Å²) >= 11 is 0. The van der Waals surface area contributed by atoms with Crippen LogP contribution in [-0.2, 0) is 0 Å². The summed E-state index contributed by atoms with van der Waals surface area (Å²) in [6, 6.07) is 67.0. The standard InChI is InChI=1S/C53H36N4/c1-4-14-36(15-5-1)39-27-31-46(37-16-6-2-7-17-37)55-47(35-39)38-25-29-42(30-26-38)56-48-22-11-10-20-44(48)52-43(21-12-23-50(52)56)40-28-32-49-45(34-40)53-51(24-13-33-54-53)57(49)41-18-8-3-9-19-41/h1-26,28-35H,27H2. The van der Waals surface area contributed by atoms with E-state index in [-0.39, 0.29) is 0 Å². The van der Waals surface area contributed by atoms with Crippen molar-refractivity contribution >= 4 is 60.7 Å². The van der Waals surface area contributed by atoms with Gasteiger partial charge in [-0.1, -0.05) is 133 Å². The summed E-state index contributed by atoms with van der Waals surface area (Å²) in [6.45, 7) is 0. The quantitative estimate of drug-likeness (QED) is 0.168. The van der Waals surface area contributed by atoms with Gasteiger partial charge in [-0.3, -0.25) is 4.98 Å². The van der Waals surface area contributed by atoms with E-state index in [1.54, 1.807) is 0 Å². The Kier molecular flexibility index (Phi) is 7.85. The number of aromatic nitrogens is 3. The van der Waals surface area contributed by atoms with Crippen molar-refractivity contribution in [1.82, 2.24) is 14.1 Å². The number of hydrogen-bond donors (Lipinski definition) is 0. The number of pyridine rings is 1. The van der Waals surface area contributed by atoms with E-state index in [1.807, 2.05) is 12.3 Å². The summed E-state index contributed by atoms with van der Waals surface area (Å²) in [6.07, 6.45) is 7.21. The van der Waals surface area contributed by atoms with E-state index >= 15 is 0 Å². The van der Waals surface area contributed by atoms with E-state index in [0.717, 1.165) is 62.3 Å². The zero-order chi connectivity index (χ0) is 37.7. The molecule has 0 radical (unpaired) electrons. The zero-order valence-electron chi connectivity index (χ0n) is 31.1. The second kappa shape index (κ2) is 13.6. The second-order valence-electron chi connectivity index (χ2n) is 14.6. The van der Waals surface area contributed by atoms with E-state index in [0.29, 0.717) is 0 Å². The number of hydrogen-bond acceptors (Lipinski definition) is 2. The van der Waals surface area contributed by atoms with E-state index in [1.165, 1.54) is 44.1 Å². The highest BCUT2D eigenvalue weighted by Gasteiger charge is 2.19. The summed E-state index contributed by atoms with van der Waals surface area (Å²) in [5, 5.41) is 3.59. The molecule has 268 valence electrons. The maximum absolute atomic E-state index is 5.28. The van der Waals surface area contributed by atoms with E-state index in [9.17, 15) is 0 Å². The fraction of sp³-hybridized carbons (Fsp3) is 0.0189. The van der Waals surface area contributed by atoms with Gasteiger partial charge in [0.1, 0.15) is 0 Å². The Labute approximate surface area is 330 Å². The highest BCUT2D eigenvalue weighted by Crippen LogP contribution is 2.41. The Morgan fingerprint density at radius 1 is 0.439 bits per heavy atom. The van der Waals surface area contributed by atoms with E-state index in [4.69, 9.17) is 9.98 Å². The number of fused-ring (bicyclic) bond motifs is 6. The molecule has 0 N–H and O–H groups in total. The van der Waals surface area contributed by atoms with Gasteiger partial charge in [-0.05, 0) is 101 Å². The molecular weight excluding hydrogens is 693 g/mol. The van der Waals surface area contributed by atoms with Crippen LogP contribution in [0.4, 0.5) is 0 Å². The third-order valence-corrected chi connectivity index (χ3v) is 11.2. The molecule has 0 saturated carbocycles. The molecule has 0 atom stereocenters. The molecule has 0 amide bonds. The molecule has 0 spiro atoms. The fourth-order valence-corrected chi connectivity index (χ4v) is 8.61. The number of nitrogens with zero attached hydrogens (tertiary/aromatic N) is 4. The van der Waals surface area contributed by atoms with Crippen LogP contribution in [0, 0.1) is 0 Å². The molecule has 0 fully saturated rings. The maximum Gasteiger partial charge on any atom is 0.0963 e. The number of para-hydroxylation sites is 2. The Bertz CT molecular complexity index is 3220. The normalized spacial score (nSPS) is 13.2. The molecular formula is C53H36N4. The Hall–Kier alpha value is -7.56. The summed E-state index contributed by atoms with van der Waals surface area (Å²) in [4.78, 5) is 10.2. The van der Waals surface area contributed by atoms with Crippen molar-refractivity contribution in [2.45, 2.75) is 6.42 Å². The van der Waals surface area contributed by atoms with Gasteiger partial charge in [0.25, 0.3) is 0 Å². The van der Waals surface area contributed by atoms with Gasteiger partial charge >= 0.3 is 0 Å². The molecule has 4 heterocycles. The number of benzene rings is 7. The summed E-state index contributed by atoms with van der Waals surface area (Å²) in [5.74, 6) is 0. The van der Waals surface area contributed by atoms with Crippen LogP contribution in [0.5, 0.6) is 0 Å². The summed E-state index contributed by atoms with van der Waals surface area (Å²) in [7, 11) is 0. The van der Waals surface area contributed by atoms with Crippen molar-refractivity contribution in [2.24, 2.45) is 4.99 Å². The van der Waals surface area contributed by atoms with Gasteiger partial charge in [0.2, 0.25) is 0 Å². The Balaban J connectivity index is 1.04. The van der Waals surface area contributed by atoms with Gasteiger partial charge in [0.05, 0.1) is 39.0 Å². The third kappa shape index (κ3) is 5.61. The first-order valence-corrected chi connectivity index (χ1v) is 19.5. The minimum Gasteiger partial charge on any atom is -0.309 e. The molecule has 3 aromatic heterocycles. The lowest BCUT2D eigenvalue weighted by atomic mass is 9.98. The fourth-order valence-electron chi connectivity index (χ4n) is 8.61. The molecule has 1 aliphatic rings. The van der Waals surface area contributed by atoms with Crippen LogP contribution in [0.2, 0.25) is 0 Å². The summed E-state index contributed by atoms with van der Waals surface area (Å²) in [5.41, 5.74) is 16.8. The average Bonchev–Trinajstić information content (AvgIpc) is 3.70. The highest BCUT2D eigenvalue weighted by molar-refractivity contribution is 6.18. The lowest BCUT2D eigenvalue weighted by molar-refractivity contribution is 1.18. The van der Waals surface area contributed by atoms with Gasteiger partial charge in [0, 0.05) is 39.3 Å². The molecule has 57 heavy (non-hydrogen) atoms. The lowest BCUT2D eigenvalue weighted by Crippen LogP contribution is -2.00. The van der Waals surface area contributed by atoms with Gasteiger partial charge in [-0.25, -0.2) is 4.99 Å². The molecule has 4 heteroatoms. The largest absolute Gasteiger partial charge is 0.309 e. The third-order valence-electron chi connectivity index (χ3n) is 11.2. The first-order chi connectivity index (χ1) is 28.3. The SMILES string of the molecule is C1=C(c2ccccc2)CC=C(c2ccccc2)N=C1c1ccc(-n2c3ccccc3c3c(-c4ccc5c(c4)c4ncccc4n5-c4ccccc4)cccc32)cc1. The van der Waals surface area contributed by atoms with Crippen LogP contribution < -0.4 is 0 Å². The first kappa shape index (κ1) is 32.8. The topological polar surface area (TPSA) is 35.1 Å². The highest BCUT2D eigenvalue weighted by atomic mass is 15.0. The van der Waals surface area contributed by atoms with E-state index < -0.39 is 0 Å². The molecule has 10 aromatic rings. The van der Waals surface area contributed by atoms with Crippen LogP contribution in [-0.4, -0.2) is 19.8 Å². The second-order valence-corrected chi connectivity index (χ2v) is 14.6. The molecule has 11 rings (SSSR count). The number of aliphatic imine (C=N–C) groups is 1. The number of allylic oxidation sites excluding steroid dienone is 3. The van der Waals surface area contributed by atoms with Crippen LogP contribution in [0.3, 0.4) is 0 Å². The van der Waals surface area contributed by atoms with Crippen LogP contribution in [0.15, 0.2) is 211 Å². The molecule has 1 aliphatic heterocycles. The lowest BCUT2D eigenvalue weighted by Gasteiger charge is -2.11. The van der Waals surface area contributed by atoms with Crippen molar-refractivity contribution in [3.63, 3.8) is 0 Å². The van der Waals surface area contributed by atoms with Crippen molar-refractivity contribution in [1.29, 1.82) is 0 Å². The first-order valence-electron chi connectivity index (χ1n) is 19.5. The molecule has 0 aliphatic carbocycles. The number of rotatable bonds is 6. The van der Waals surface area contributed by atoms with Gasteiger partial charge < -0.3 is 9.13 Å². The molecule has 0 saturated heterocycles. The molecule has 4 nitrogen and oxygen atoms in total. The van der Waals surface area contributed by atoms with Crippen molar-refractivity contribution in [3.8, 4) is 22.5 Å². The minimum absolute atomic E-state index is 0.807. The van der Waals surface area contributed by atoms with Gasteiger partial charge in [-0.2, -0.15) is 0 Å². The zero-order valence-corrected chi connectivity index (χ0v) is 31.1.